The first-order chi connectivity index (χ1) is 12.8. The van der Waals surface area contributed by atoms with Gasteiger partial charge in [-0.2, -0.15) is 8.42 Å². The smallest absolute Gasteiger partial charge is 0.294 e. The third kappa shape index (κ3) is 6.56. The largest absolute Gasteiger partial charge is 0.312 e. The van der Waals surface area contributed by atoms with E-state index in [0.29, 0.717) is 0 Å². The number of nitrogens with zero attached hydrogens (tertiary/aromatic N) is 1. The molecule has 0 aliphatic heterocycles. The quantitative estimate of drug-likeness (QED) is 0.540. The topological polar surface area (TPSA) is 57.6 Å². The Morgan fingerprint density at radius 1 is 0.704 bits per heavy atom. The van der Waals surface area contributed by atoms with Crippen molar-refractivity contribution in [1.82, 2.24) is 4.90 Å². The van der Waals surface area contributed by atoms with Crippen molar-refractivity contribution < 1.29 is 13.0 Å². The van der Waals surface area contributed by atoms with Crippen molar-refractivity contribution >= 4 is 34.0 Å². The molecule has 0 spiro atoms. The fraction of sp³-hybridized carbons (Fsp3) is 0.143. The van der Waals surface area contributed by atoms with E-state index in [-0.39, 0.29) is 4.90 Å². The Kier molecular flexibility index (Phi) is 7.69. The van der Waals surface area contributed by atoms with Crippen molar-refractivity contribution in [3.05, 3.63) is 84.9 Å². The highest BCUT2D eigenvalue weighted by atomic mass is 32.2. The Morgan fingerprint density at radius 3 is 1.52 bits per heavy atom. The van der Waals surface area contributed by atoms with Crippen LogP contribution in [0.25, 0.3) is 0 Å². The average molecular weight is 401 g/mol. The Labute approximate surface area is 163 Å². The zero-order valence-electron chi connectivity index (χ0n) is 15.6. The first-order valence-electron chi connectivity index (χ1n) is 8.38. The molecule has 4 nitrogen and oxygen atoms in total. The zero-order valence-corrected chi connectivity index (χ0v) is 17.4. The normalized spacial score (nSPS) is 11.2. The fourth-order valence-electron chi connectivity index (χ4n) is 2.38. The van der Waals surface area contributed by atoms with Crippen molar-refractivity contribution in [2.45, 2.75) is 4.90 Å². The van der Waals surface area contributed by atoms with Gasteiger partial charge in [0.15, 0.2) is 0 Å². The summed E-state index contributed by atoms with van der Waals surface area (Å²) < 4.78 is 32.2. The van der Waals surface area contributed by atoms with Gasteiger partial charge >= 0.3 is 0 Å². The van der Waals surface area contributed by atoms with Crippen LogP contribution < -0.4 is 15.9 Å². The van der Waals surface area contributed by atoms with Gasteiger partial charge in [-0.15, -0.1) is 0 Å². The summed E-state index contributed by atoms with van der Waals surface area (Å²) in [4.78, 5) is 1.93. The molecule has 6 heteroatoms. The van der Waals surface area contributed by atoms with Gasteiger partial charge in [-0.3, -0.25) is 4.55 Å². The molecule has 0 saturated heterocycles. The summed E-state index contributed by atoms with van der Waals surface area (Å²) >= 11 is 0. The second-order valence-electron chi connectivity index (χ2n) is 6.32. The molecular weight excluding hydrogens is 377 g/mol. The molecule has 0 amide bonds. The highest BCUT2D eigenvalue weighted by molar-refractivity contribution is 7.86. The molecule has 0 saturated carbocycles. The maximum absolute atomic E-state index is 11.4. The molecule has 3 aromatic rings. The van der Waals surface area contributed by atoms with E-state index < -0.39 is 18.0 Å². The number of hydrogen-bond donors (Lipinski definition) is 1. The van der Waals surface area contributed by atoms with Gasteiger partial charge in [0.2, 0.25) is 0 Å². The maximum Gasteiger partial charge on any atom is 0.294 e. The van der Waals surface area contributed by atoms with Gasteiger partial charge in [0.1, 0.15) is 0 Å². The number of rotatable bonds is 4. The summed E-state index contributed by atoms with van der Waals surface area (Å²) in [7, 11) is 0.902. The molecule has 3 rings (SSSR count). The van der Waals surface area contributed by atoms with Crippen molar-refractivity contribution in [3.8, 4) is 0 Å². The third-order valence-corrected chi connectivity index (χ3v) is 6.68. The second kappa shape index (κ2) is 9.77. The van der Waals surface area contributed by atoms with Gasteiger partial charge in [0, 0.05) is 0 Å². The first-order valence-corrected chi connectivity index (χ1v) is 11.2. The van der Waals surface area contributed by atoms with E-state index in [1.807, 2.05) is 92.8 Å². The van der Waals surface area contributed by atoms with Gasteiger partial charge in [0.25, 0.3) is 10.1 Å². The standard InChI is InChI=1S/C18H15O3PS.C3H9N/c19-23(20,21)18-13-7-12-17(14-18)22(15-8-3-1-4-9-15)16-10-5-2-6-11-16;1-4(2)3/h1-14H,(H,19,20,21);1-3H3. The summed E-state index contributed by atoms with van der Waals surface area (Å²) in [6.07, 6.45) is 0. The van der Waals surface area contributed by atoms with Gasteiger partial charge in [0.05, 0.1) is 4.90 Å². The number of benzene rings is 3. The van der Waals surface area contributed by atoms with Crippen LogP contribution in [0.4, 0.5) is 0 Å². The van der Waals surface area contributed by atoms with Crippen molar-refractivity contribution in [1.29, 1.82) is 0 Å². The minimum absolute atomic E-state index is 0.0747. The molecule has 27 heavy (non-hydrogen) atoms. The van der Waals surface area contributed by atoms with Crippen LogP contribution in [0, 0.1) is 0 Å². The van der Waals surface area contributed by atoms with E-state index in [1.165, 1.54) is 6.07 Å². The SMILES string of the molecule is CN(C)C.O=S(=O)(O)c1cccc(P(c2ccccc2)c2ccccc2)c1. The molecule has 0 aromatic heterocycles. The molecule has 0 unspecified atom stereocenters. The van der Waals surface area contributed by atoms with Gasteiger partial charge in [-0.05, 0) is 57.1 Å². The monoisotopic (exact) mass is 401 g/mol. The van der Waals surface area contributed by atoms with Crippen LogP contribution in [0.15, 0.2) is 89.8 Å². The van der Waals surface area contributed by atoms with Gasteiger partial charge in [-0.1, -0.05) is 72.8 Å². The summed E-state index contributed by atoms with van der Waals surface area (Å²) in [6, 6.07) is 26.5. The van der Waals surface area contributed by atoms with E-state index in [4.69, 9.17) is 0 Å². The van der Waals surface area contributed by atoms with Gasteiger partial charge in [-0.25, -0.2) is 0 Å². The lowest BCUT2D eigenvalue weighted by atomic mass is 10.3. The lowest BCUT2D eigenvalue weighted by Crippen LogP contribution is -2.21. The molecule has 1 N–H and O–H groups in total. The van der Waals surface area contributed by atoms with Gasteiger partial charge < -0.3 is 4.90 Å². The van der Waals surface area contributed by atoms with Crippen molar-refractivity contribution in [3.63, 3.8) is 0 Å². The maximum atomic E-state index is 11.4. The molecule has 142 valence electrons. The Morgan fingerprint density at radius 2 is 1.11 bits per heavy atom. The molecule has 3 aromatic carbocycles. The van der Waals surface area contributed by atoms with E-state index >= 15 is 0 Å². The van der Waals surface area contributed by atoms with Crippen LogP contribution >= 0.6 is 7.92 Å². The zero-order chi connectivity index (χ0) is 19.9. The summed E-state index contributed by atoms with van der Waals surface area (Å²) in [5.74, 6) is 0. The van der Waals surface area contributed by atoms with E-state index in [2.05, 4.69) is 0 Å². The molecule has 0 atom stereocenters. The predicted octanol–water partition coefficient (Wildman–Crippen LogP) is 2.87. The Bertz CT molecular complexity index is 903. The number of hydrogen-bond acceptors (Lipinski definition) is 3. The lowest BCUT2D eigenvalue weighted by Gasteiger charge is -2.19. The molecule has 0 fully saturated rings. The van der Waals surface area contributed by atoms with Crippen LogP contribution in [-0.4, -0.2) is 39.0 Å². The van der Waals surface area contributed by atoms with Crippen molar-refractivity contribution in [2.75, 3.05) is 21.1 Å². The summed E-state index contributed by atoms with van der Waals surface area (Å²) in [5, 5.41) is 3.13. The highest BCUT2D eigenvalue weighted by Crippen LogP contribution is 2.33. The minimum Gasteiger partial charge on any atom is -0.312 e. The lowest BCUT2D eigenvalue weighted by molar-refractivity contribution is 0.483. The first kappa shape index (κ1) is 21.3. The van der Waals surface area contributed by atoms with Crippen LogP contribution in [0.2, 0.25) is 0 Å². The molecule has 0 bridgehead atoms. The minimum atomic E-state index is -4.21. The molecular formula is C21H24NO3PS. The molecule has 0 aliphatic carbocycles. The van der Waals surface area contributed by atoms with Crippen LogP contribution in [-0.2, 0) is 10.1 Å². The summed E-state index contributed by atoms with van der Waals surface area (Å²) in [6.45, 7) is 0. The Balaban J connectivity index is 0.000000596. The van der Waals surface area contributed by atoms with Crippen LogP contribution in [0.3, 0.4) is 0 Å². The van der Waals surface area contributed by atoms with E-state index in [9.17, 15) is 13.0 Å². The average Bonchev–Trinajstić information content (AvgIpc) is 2.63. The Hall–Kier alpha value is -2.04. The second-order valence-corrected chi connectivity index (χ2v) is 9.96. The molecule has 0 heterocycles. The van der Waals surface area contributed by atoms with Crippen molar-refractivity contribution in [2.24, 2.45) is 0 Å². The predicted molar refractivity (Wildman–Crippen MR) is 115 cm³/mol. The van der Waals surface area contributed by atoms with Crippen LogP contribution in [0.5, 0.6) is 0 Å². The molecule has 0 aliphatic rings. The summed E-state index contributed by atoms with van der Waals surface area (Å²) in [5.41, 5.74) is 0. The fourth-order valence-corrected chi connectivity index (χ4v) is 5.34. The highest BCUT2D eigenvalue weighted by Gasteiger charge is 2.18. The van der Waals surface area contributed by atoms with E-state index in [0.717, 1.165) is 15.9 Å². The molecule has 0 radical (unpaired) electrons. The van der Waals surface area contributed by atoms with Crippen LogP contribution in [0.1, 0.15) is 0 Å². The van der Waals surface area contributed by atoms with E-state index in [1.54, 1.807) is 12.1 Å². The third-order valence-electron chi connectivity index (χ3n) is 3.40.